The molecule has 0 saturated heterocycles. The first-order valence-corrected chi connectivity index (χ1v) is 6.44. The van der Waals surface area contributed by atoms with E-state index >= 15 is 0 Å². The highest BCUT2D eigenvalue weighted by Crippen LogP contribution is 2.07. The molecule has 0 atom stereocenters. The van der Waals surface area contributed by atoms with Crippen LogP contribution in [0.4, 0.5) is 0 Å². The smallest absolute Gasteiger partial charge is 0.354 e. The molecular formula is C15H18N2O3. The van der Waals surface area contributed by atoms with Gasteiger partial charge in [-0.2, -0.15) is 0 Å². The van der Waals surface area contributed by atoms with Crippen LogP contribution < -0.4 is 10.1 Å². The van der Waals surface area contributed by atoms with Crippen LogP contribution in [0.5, 0.6) is 5.75 Å². The normalized spacial score (nSPS) is 10.2. The van der Waals surface area contributed by atoms with Gasteiger partial charge in [0.15, 0.2) is 0 Å². The number of nitrogens with one attached hydrogen (secondary N) is 2. The third kappa shape index (κ3) is 4.13. The Hall–Kier alpha value is -2.27. The van der Waals surface area contributed by atoms with Crippen LogP contribution in [-0.4, -0.2) is 31.2 Å². The van der Waals surface area contributed by atoms with Gasteiger partial charge >= 0.3 is 5.97 Å². The summed E-state index contributed by atoms with van der Waals surface area (Å²) in [6.45, 7) is 1.96. The molecule has 1 aromatic heterocycles. The number of esters is 1. The molecular weight excluding hydrogens is 256 g/mol. The number of rotatable bonds is 7. The molecule has 0 aliphatic rings. The van der Waals surface area contributed by atoms with E-state index in [1.807, 2.05) is 36.4 Å². The van der Waals surface area contributed by atoms with Crippen LogP contribution in [0.2, 0.25) is 0 Å². The number of para-hydroxylation sites is 1. The molecule has 20 heavy (non-hydrogen) atoms. The second kappa shape index (κ2) is 7.35. The minimum absolute atomic E-state index is 0.358. The van der Waals surface area contributed by atoms with Crippen molar-refractivity contribution in [3.63, 3.8) is 0 Å². The van der Waals surface area contributed by atoms with E-state index < -0.39 is 0 Å². The number of aromatic nitrogens is 1. The molecule has 0 saturated carbocycles. The number of ether oxygens (including phenoxy) is 2. The molecule has 0 aliphatic heterocycles. The summed E-state index contributed by atoms with van der Waals surface area (Å²) in [6, 6.07) is 13.3. The zero-order valence-electron chi connectivity index (χ0n) is 11.4. The minimum atomic E-state index is -0.358. The van der Waals surface area contributed by atoms with Crippen LogP contribution in [0.25, 0.3) is 0 Å². The van der Waals surface area contributed by atoms with Crippen molar-refractivity contribution in [3.8, 4) is 5.75 Å². The number of hydrogen-bond donors (Lipinski definition) is 2. The maximum atomic E-state index is 11.3. The maximum Gasteiger partial charge on any atom is 0.354 e. The summed E-state index contributed by atoms with van der Waals surface area (Å²) in [7, 11) is 1.36. The Bertz CT molecular complexity index is 537. The summed E-state index contributed by atoms with van der Waals surface area (Å²) in [4.78, 5) is 14.3. The van der Waals surface area contributed by atoms with Crippen molar-refractivity contribution in [1.29, 1.82) is 0 Å². The molecule has 2 rings (SSSR count). The molecule has 1 heterocycles. The first kappa shape index (κ1) is 14.1. The van der Waals surface area contributed by atoms with E-state index in [9.17, 15) is 4.79 Å². The number of carbonyl (C=O) groups is 1. The minimum Gasteiger partial charge on any atom is -0.492 e. The highest BCUT2D eigenvalue weighted by Gasteiger charge is 2.07. The molecule has 1 aromatic carbocycles. The number of benzene rings is 1. The molecule has 0 amide bonds. The van der Waals surface area contributed by atoms with Crippen molar-refractivity contribution >= 4 is 5.97 Å². The van der Waals surface area contributed by atoms with Crippen molar-refractivity contribution in [2.45, 2.75) is 6.54 Å². The van der Waals surface area contributed by atoms with E-state index in [2.05, 4.69) is 15.0 Å². The van der Waals surface area contributed by atoms with Crippen LogP contribution in [0.3, 0.4) is 0 Å². The summed E-state index contributed by atoms with van der Waals surface area (Å²) in [5.74, 6) is 0.505. The highest BCUT2D eigenvalue weighted by atomic mass is 16.5. The van der Waals surface area contributed by atoms with Gasteiger partial charge in [-0.25, -0.2) is 4.79 Å². The number of carbonyl (C=O) groups excluding carboxylic acids is 1. The fourth-order valence-electron chi connectivity index (χ4n) is 1.75. The Labute approximate surface area is 117 Å². The summed E-state index contributed by atoms with van der Waals surface area (Å²) in [5.41, 5.74) is 1.40. The Morgan fingerprint density at radius 2 is 2.00 bits per heavy atom. The molecule has 0 unspecified atom stereocenters. The van der Waals surface area contributed by atoms with Crippen LogP contribution in [0.1, 0.15) is 16.2 Å². The lowest BCUT2D eigenvalue weighted by atomic mass is 10.3. The molecule has 2 N–H and O–H groups in total. The highest BCUT2D eigenvalue weighted by molar-refractivity contribution is 5.87. The van der Waals surface area contributed by atoms with Crippen LogP contribution in [-0.2, 0) is 11.3 Å². The van der Waals surface area contributed by atoms with Crippen molar-refractivity contribution in [1.82, 2.24) is 10.3 Å². The monoisotopic (exact) mass is 274 g/mol. The van der Waals surface area contributed by atoms with E-state index in [0.29, 0.717) is 18.8 Å². The van der Waals surface area contributed by atoms with E-state index in [0.717, 1.165) is 18.0 Å². The van der Waals surface area contributed by atoms with Crippen LogP contribution >= 0.6 is 0 Å². The van der Waals surface area contributed by atoms with Gasteiger partial charge in [0.05, 0.1) is 7.11 Å². The van der Waals surface area contributed by atoms with Crippen molar-refractivity contribution in [2.24, 2.45) is 0 Å². The lowest BCUT2D eigenvalue weighted by molar-refractivity contribution is 0.0594. The topological polar surface area (TPSA) is 63.4 Å². The number of methoxy groups -OCH3 is 1. The first-order chi connectivity index (χ1) is 9.79. The van der Waals surface area contributed by atoms with Crippen LogP contribution in [0.15, 0.2) is 42.5 Å². The van der Waals surface area contributed by atoms with Gasteiger partial charge in [-0.15, -0.1) is 0 Å². The Morgan fingerprint density at radius 1 is 1.20 bits per heavy atom. The van der Waals surface area contributed by atoms with E-state index in [1.54, 1.807) is 6.07 Å². The predicted octanol–water partition coefficient (Wildman–Crippen LogP) is 1.97. The molecule has 0 spiro atoms. The largest absolute Gasteiger partial charge is 0.492 e. The Kier molecular flexibility index (Phi) is 5.20. The van der Waals surface area contributed by atoms with Gasteiger partial charge in [-0.05, 0) is 24.3 Å². The standard InChI is InChI=1S/C15H18N2O3/c1-19-15(18)14-8-7-12(17-14)11-16-9-10-20-13-5-3-2-4-6-13/h2-8,16-17H,9-11H2,1H3. The van der Waals surface area contributed by atoms with Gasteiger partial charge in [0.2, 0.25) is 0 Å². The third-order valence-electron chi connectivity index (χ3n) is 2.76. The quantitative estimate of drug-likeness (QED) is 0.598. The zero-order valence-corrected chi connectivity index (χ0v) is 11.4. The molecule has 0 bridgehead atoms. The number of aromatic amines is 1. The maximum absolute atomic E-state index is 11.3. The summed E-state index contributed by atoms with van der Waals surface area (Å²) in [5, 5.41) is 3.23. The van der Waals surface area contributed by atoms with Gasteiger partial charge in [0.25, 0.3) is 0 Å². The van der Waals surface area contributed by atoms with E-state index in [1.165, 1.54) is 7.11 Å². The van der Waals surface area contributed by atoms with Gasteiger partial charge < -0.3 is 19.8 Å². The molecule has 5 nitrogen and oxygen atoms in total. The Morgan fingerprint density at radius 3 is 2.75 bits per heavy atom. The second-order valence-electron chi connectivity index (χ2n) is 4.23. The summed E-state index contributed by atoms with van der Waals surface area (Å²) >= 11 is 0. The van der Waals surface area contributed by atoms with Gasteiger partial charge in [-0.3, -0.25) is 0 Å². The summed E-state index contributed by atoms with van der Waals surface area (Å²) in [6.07, 6.45) is 0. The van der Waals surface area contributed by atoms with Crippen molar-refractivity contribution in [2.75, 3.05) is 20.3 Å². The van der Waals surface area contributed by atoms with Crippen molar-refractivity contribution in [3.05, 3.63) is 53.9 Å². The van der Waals surface area contributed by atoms with Crippen molar-refractivity contribution < 1.29 is 14.3 Å². The first-order valence-electron chi connectivity index (χ1n) is 6.44. The molecule has 106 valence electrons. The summed E-state index contributed by atoms with van der Waals surface area (Å²) < 4.78 is 10.2. The average molecular weight is 274 g/mol. The lowest BCUT2D eigenvalue weighted by Gasteiger charge is -2.06. The van der Waals surface area contributed by atoms with E-state index in [4.69, 9.17) is 4.74 Å². The molecule has 0 aliphatic carbocycles. The second-order valence-corrected chi connectivity index (χ2v) is 4.23. The molecule has 0 fully saturated rings. The van der Waals surface area contributed by atoms with Gasteiger partial charge in [0, 0.05) is 18.8 Å². The zero-order chi connectivity index (χ0) is 14.2. The SMILES string of the molecule is COC(=O)c1ccc(CNCCOc2ccccc2)[nH]1. The average Bonchev–Trinajstić information content (AvgIpc) is 2.96. The van der Waals surface area contributed by atoms with Crippen LogP contribution in [0, 0.1) is 0 Å². The predicted molar refractivity (Wildman–Crippen MR) is 75.8 cm³/mol. The van der Waals surface area contributed by atoms with E-state index in [-0.39, 0.29) is 5.97 Å². The number of H-pyrrole nitrogens is 1. The van der Waals surface area contributed by atoms with Gasteiger partial charge in [0.1, 0.15) is 18.1 Å². The molecule has 2 aromatic rings. The van der Waals surface area contributed by atoms with Gasteiger partial charge in [-0.1, -0.05) is 18.2 Å². The third-order valence-corrected chi connectivity index (χ3v) is 2.76. The Balaban J connectivity index is 1.66. The molecule has 5 heteroatoms. The molecule has 0 radical (unpaired) electrons. The fraction of sp³-hybridized carbons (Fsp3) is 0.267. The number of hydrogen-bond acceptors (Lipinski definition) is 4. The lowest BCUT2D eigenvalue weighted by Crippen LogP contribution is -2.20. The fourth-order valence-corrected chi connectivity index (χ4v) is 1.75.